The van der Waals surface area contributed by atoms with Gasteiger partial charge in [-0.1, -0.05) is 6.92 Å². The molecule has 0 bridgehead atoms. The largest absolute Gasteiger partial charge is 0.375 e. The number of ether oxygens (including phenoxy) is 1. The summed E-state index contributed by atoms with van der Waals surface area (Å²) in [6.07, 6.45) is 0.749. The second kappa shape index (κ2) is 2.89. The van der Waals surface area contributed by atoms with Gasteiger partial charge in [0.25, 0.3) is 0 Å². The lowest BCUT2D eigenvalue weighted by Crippen LogP contribution is -2.25. The topological polar surface area (TPSA) is 35.2 Å². The van der Waals surface area contributed by atoms with E-state index in [4.69, 9.17) is 10.5 Å². The van der Waals surface area contributed by atoms with Gasteiger partial charge in [0.15, 0.2) is 0 Å². The Morgan fingerprint density at radius 3 is 2.00 bits per heavy atom. The van der Waals surface area contributed by atoms with Gasteiger partial charge in [-0.2, -0.15) is 0 Å². The molecule has 0 saturated carbocycles. The van der Waals surface area contributed by atoms with Gasteiger partial charge in [-0.3, -0.25) is 0 Å². The molecule has 4 unspecified atom stereocenters. The van der Waals surface area contributed by atoms with Crippen LogP contribution in [-0.4, -0.2) is 18.8 Å². The minimum Gasteiger partial charge on any atom is -0.375 e. The second-order valence-corrected chi connectivity index (χ2v) is 3.30. The molecular weight excluding hydrogens is 126 g/mol. The Balaban J connectivity index is 2.55. The lowest BCUT2D eigenvalue weighted by Gasteiger charge is -2.14. The Morgan fingerprint density at radius 2 is 1.80 bits per heavy atom. The van der Waals surface area contributed by atoms with Crippen molar-refractivity contribution in [1.29, 1.82) is 0 Å². The van der Waals surface area contributed by atoms with Crippen LogP contribution in [0, 0.1) is 11.8 Å². The molecule has 1 aliphatic heterocycles. The van der Waals surface area contributed by atoms with Crippen LogP contribution in [0.5, 0.6) is 0 Å². The van der Waals surface area contributed by atoms with Crippen molar-refractivity contribution in [3.05, 3.63) is 0 Å². The highest BCUT2D eigenvalue weighted by Gasteiger charge is 2.35. The van der Waals surface area contributed by atoms with Gasteiger partial charge in [0, 0.05) is 5.92 Å². The summed E-state index contributed by atoms with van der Waals surface area (Å²) >= 11 is 0. The Bertz CT molecular complexity index is 116. The summed E-state index contributed by atoms with van der Waals surface area (Å²) in [6, 6.07) is 0. The van der Waals surface area contributed by atoms with E-state index in [0.717, 1.165) is 6.54 Å². The molecule has 1 heterocycles. The van der Waals surface area contributed by atoms with Gasteiger partial charge in [-0.15, -0.1) is 0 Å². The van der Waals surface area contributed by atoms with E-state index in [1.807, 2.05) is 0 Å². The molecule has 2 heteroatoms. The fourth-order valence-electron chi connectivity index (χ4n) is 1.75. The van der Waals surface area contributed by atoms with E-state index in [1.54, 1.807) is 0 Å². The molecule has 0 aromatic heterocycles. The zero-order chi connectivity index (χ0) is 7.72. The van der Waals surface area contributed by atoms with Crippen LogP contribution >= 0.6 is 0 Å². The Hall–Kier alpha value is -0.0800. The molecule has 1 fully saturated rings. The Labute approximate surface area is 62.7 Å². The third-order valence-electron chi connectivity index (χ3n) is 2.72. The van der Waals surface area contributed by atoms with Crippen molar-refractivity contribution in [3.8, 4) is 0 Å². The van der Waals surface area contributed by atoms with Gasteiger partial charge in [-0.25, -0.2) is 0 Å². The van der Waals surface area contributed by atoms with Crippen LogP contribution in [0.2, 0.25) is 0 Å². The summed E-state index contributed by atoms with van der Waals surface area (Å²) in [5.74, 6) is 1.19. The summed E-state index contributed by atoms with van der Waals surface area (Å²) in [7, 11) is 0. The molecule has 60 valence electrons. The highest BCUT2D eigenvalue weighted by Crippen LogP contribution is 2.30. The predicted octanol–water partition coefficient (Wildman–Crippen LogP) is 1.00. The van der Waals surface area contributed by atoms with Crippen molar-refractivity contribution in [1.82, 2.24) is 0 Å². The summed E-state index contributed by atoms with van der Waals surface area (Å²) in [6.45, 7) is 7.20. The van der Waals surface area contributed by atoms with Crippen LogP contribution in [0.25, 0.3) is 0 Å². The van der Waals surface area contributed by atoms with E-state index in [0.29, 0.717) is 24.0 Å². The molecule has 0 aliphatic carbocycles. The predicted molar refractivity (Wildman–Crippen MR) is 41.7 cm³/mol. The monoisotopic (exact) mass is 143 g/mol. The normalized spacial score (nSPS) is 48.0. The van der Waals surface area contributed by atoms with E-state index in [2.05, 4.69) is 20.8 Å². The number of hydrogen-bond acceptors (Lipinski definition) is 2. The molecule has 0 aromatic rings. The number of hydrogen-bond donors (Lipinski definition) is 1. The molecule has 2 nitrogen and oxygen atoms in total. The number of nitrogens with two attached hydrogens (primary N) is 1. The minimum atomic E-state index is 0.356. The molecule has 0 spiro atoms. The first kappa shape index (κ1) is 8.02. The molecule has 4 atom stereocenters. The van der Waals surface area contributed by atoms with E-state index >= 15 is 0 Å². The van der Waals surface area contributed by atoms with Crippen molar-refractivity contribution in [2.75, 3.05) is 6.54 Å². The summed E-state index contributed by atoms with van der Waals surface area (Å²) in [5.41, 5.74) is 5.60. The highest BCUT2D eigenvalue weighted by atomic mass is 16.5. The standard InChI is InChI=1S/C8H17NO/c1-5-6(2)10-7(3)8(5)4-9/h5-8H,4,9H2,1-3H3. The zero-order valence-electron chi connectivity index (χ0n) is 7.00. The summed E-state index contributed by atoms with van der Waals surface area (Å²) < 4.78 is 5.60. The fraction of sp³-hybridized carbons (Fsp3) is 1.00. The molecule has 2 N–H and O–H groups in total. The molecule has 0 aromatic carbocycles. The molecule has 0 radical (unpaired) electrons. The van der Waals surface area contributed by atoms with Crippen LogP contribution in [0.3, 0.4) is 0 Å². The van der Waals surface area contributed by atoms with Crippen LogP contribution in [0.15, 0.2) is 0 Å². The van der Waals surface area contributed by atoms with Crippen LogP contribution in [0.4, 0.5) is 0 Å². The van der Waals surface area contributed by atoms with Gasteiger partial charge < -0.3 is 10.5 Å². The van der Waals surface area contributed by atoms with E-state index in [9.17, 15) is 0 Å². The van der Waals surface area contributed by atoms with Gasteiger partial charge >= 0.3 is 0 Å². The summed E-state index contributed by atoms with van der Waals surface area (Å²) in [4.78, 5) is 0. The van der Waals surface area contributed by atoms with Crippen LogP contribution in [-0.2, 0) is 4.74 Å². The van der Waals surface area contributed by atoms with Gasteiger partial charge in [0.05, 0.1) is 12.2 Å². The Kier molecular flexibility index (Phi) is 2.32. The SMILES string of the molecule is CC1OC(C)C(CN)C1C. The molecular formula is C8H17NO. The lowest BCUT2D eigenvalue weighted by atomic mass is 9.90. The van der Waals surface area contributed by atoms with Crippen molar-refractivity contribution in [2.24, 2.45) is 17.6 Å². The van der Waals surface area contributed by atoms with Crippen molar-refractivity contribution >= 4 is 0 Å². The smallest absolute Gasteiger partial charge is 0.0594 e. The zero-order valence-corrected chi connectivity index (χ0v) is 7.00. The first-order chi connectivity index (χ1) is 4.66. The number of rotatable bonds is 1. The van der Waals surface area contributed by atoms with Crippen LogP contribution < -0.4 is 5.73 Å². The summed E-state index contributed by atoms with van der Waals surface area (Å²) in [5, 5.41) is 0. The maximum Gasteiger partial charge on any atom is 0.0594 e. The third kappa shape index (κ3) is 1.18. The van der Waals surface area contributed by atoms with Crippen molar-refractivity contribution in [2.45, 2.75) is 33.0 Å². The average Bonchev–Trinajstić information content (AvgIpc) is 2.09. The third-order valence-corrected chi connectivity index (χ3v) is 2.72. The van der Waals surface area contributed by atoms with Crippen molar-refractivity contribution < 1.29 is 4.74 Å². The molecule has 1 saturated heterocycles. The maximum atomic E-state index is 5.60. The van der Waals surface area contributed by atoms with Gasteiger partial charge in [-0.05, 0) is 26.3 Å². The van der Waals surface area contributed by atoms with E-state index in [1.165, 1.54) is 0 Å². The highest BCUT2D eigenvalue weighted by molar-refractivity contribution is 4.83. The first-order valence-corrected chi connectivity index (χ1v) is 4.02. The van der Waals surface area contributed by atoms with Crippen LogP contribution in [0.1, 0.15) is 20.8 Å². The van der Waals surface area contributed by atoms with Gasteiger partial charge in [0.2, 0.25) is 0 Å². The van der Waals surface area contributed by atoms with E-state index < -0.39 is 0 Å². The minimum absolute atomic E-state index is 0.356. The van der Waals surface area contributed by atoms with E-state index in [-0.39, 0.29) is 0 Å². The maximum absolute atomic E-state index is 5.60. The van der Waals surface area contributed by atoms with Crippen molar-refractivity contribution in [3.63, 3.8) is 0 Å². The molecule has 0 amide bonds. The first-order valence-electron chi connectivity index (χ1n) is 4.02. The molecule has 1 rings (SSSR count). The second-order valence-electron chi connectivity index (χ2n) is 3.30. The lowest BCUT2D eigenvalue weighted by molar-refractivity contribution is 0.0518. The van der Waals surface area contributed by atoms with Gasteiger partial charge in [0.1, 0.15) is 0 Å². The Morgan fingerprint density at radius 1 is 1.20 bits per heavy atom. The quantitative estimate of drug-likeness (QED) is 0.594. The molecule has 1 aliphatic rings. The fourth-order valence-corrected chi connectivity index (χ4v) is 1.75. The average molecular weight is 143 g/mol. The molecule has 10 heavy (non-hydrogen) atoms.